The number of anilines is 1. The van der Waals surface area contributed by atoms with Crippen LogP contribution in [-0.2, 0) is 10.2 Å². The first kappa shape index (κ1) is 17.4. The van der Waals surface area contributed by atoms with Gasteiger partial charge in [0.05, 0.1) is 0 Å². The highest BCUT2D eigenvalue weighted by Gasteiger charge is 2.19. The summed E-state index contributed by atoms with van der Waals surface area (Å²) in [5.41, 5.74) is 1.03. The topological polar surface area (TPSA) is 64.1 Å². The van der Waals surface area contributed by atoms with E-state index >= 15 is 0 Å². The Morgan fingerprint density at radius 1 is 1.26 bits per heavy atom. The second-order valence-electron chi connectivity index (χ2n) is 6.68. The highest BCUT2D eigenvalue weighted by molar-refractivity contribution is 7.15. The Balaban J connectivity index is 1.97. The summed E-state index contributed by atoms with van der Waals surface area (Å²) in [5.74, 6) is 0.795. The minimum Gasteiger partial charge on any atom is -0.483 e. The molecule has 23 heavy (non-hydrogen) atoms. The summed E-state index contributed by atoms with van der Waals surface area (Å²) in [6, 6.07) is 7.78. The van der Waals surface area contributed by atoms with Crippen molar-refractivity contribution in [1.82, 2.24) is 10.2 Å². The normalized spacial score (nSPS) is 11.6. The van der Waals surface area contributed by atoms with Gasteiger partial charge in [-0.1, -0.05) is 64.2 Å². The minimum absolute atomic E-state index is 0.0432. The molecule has 0 unspecified atom stereocenters. The maximum atomic E-state index is 12.0. The lowest BCUT2D eigenvalue weighted by atomic mass is 9.86. The van der Waals surface area contributed by atoms with Crippen molar-refractivity contribution in [3.63, 3.8) is 0 Å². The molecule has 1 aromatic heterocycles. The van der Waals surface area contributed by atoms with E-state index in [1.807, 2.05) is 38.1 Å². The van der Waals surface area contributed by atoms with Crippen LogP contribution in [0.4, 0.5) is 5.13 Å². The van der Waals surface area contributed by atoms with Crippen LogP contribution < -0.4 is 10.1 Å². The number of para-hydroxylation sites is 1. The monoisotopic (exact) mass is 333 g/mol. The molecule has 0 saturated carbocycles. The summed E-state index contributed by atoms with van der Waals surface area (Å²) in [7, 11) is 0. The van der Waals surface area contributed by atoms with Crippen molar-refractivity contribution in [3.8, 4) is 5.75 Å². The third kappa shape index (κ3) is 4.76. The van der Waals surface area contributed by atoms with Gasteiger partial charge in [0, 0.05) is 5.92 Å². The van der Waals surface area contributed by atoms with Gasteiger partial charge in [-0.05, 0) is 17.0 Å². The van der Waals surface area contributed by atoms with Crippen LogP contribution in [0.1, 0.15) is 51.1 Å². The molecule has 0 fully saturated rings. The van der Waals surface area contributed by atoms with Crippen molar-refractivity contribution in [2.45, 2.75) is 46.0 Å². The van der Waals surface area contributed by atoms with Gasteiger partial charge < -0.3 is 4.74 Å². The number of carbonyl (C=O) groups excluding carboxylic acids is 1. The molecule has 0 aliphatic rings. The molecule has 5 nitrogen and oxygen atoms in total. The van der Waals surface area contributed by atoms with Gasteiger partial charge in [-0.2, -0.15) is 0 Å². The van der Waals surface area contributed by atoms with Gasteiger partial charge in [-0.15, -0.1) is 10.2 Å². The number of nitrogens with one attached hydrogen (secondary N) is 1. The third-order valence-electron chi connectivity index (χ3n) is 3.23. The molecular formula is C17H23N3O2S. The van der Waals surface area contributed by atoms with Crippen LogP contribution in [0.3, 0.4) is 0 Å². The first-order chi connectivity index (χ1) is 10.8. The van der Waals surface area contributed by atoms with Crippen molar-refractivity contribution in [2.24, 2.45) is 0 Å². The molecular weight excluding hydrogens is 310 g/mol. The average molecular weight is 333 g/mol. The molecule has 2 aromatic rings. The van der Waals surface area contributed by atoms with Gasteiger partial charge in [0.2, 0.25) is 5.13 Å². The van der Waals surface area contributed by atoms with Crippen molar-refractivity contribution in [3.05, 3.63) is 34.8 Å². The number of hydrogen-bond donors (Lipinski definition) is 1. The summed E-state index contributed by atoms with van der Waals surface area (Å²) >= 11 is 1.39. The molecule has 124 valence electrons. The molecule has 1 aromatic carbocycles. The number of nitrogens with zero attached hydrogens (tertiary/aromatic N) is 2. The van der Waals surface area contributed by atoms with Gasteiger partial charge in [-0.25, -0.2) is 0 Å². The first-order valence-electron chi connectivity index (χ1n) is 7.63. The molecule has 6 heteroatoms. The fourth-order valence-corrected chi connectivity index (χ4v) is 2.79. The fourth-order valence-electron chi connectivity index (χ4n) is 2.03. The Morgan fingerprint density at radius 3 is 2.57 bits per heavy atom. The Labute approximate surface area is 141 Å². The van der Waals surface area contributed by atoms with Gasteiger partial charge in [0.25, 0.3) is 5.91 Å². The lowest BCUT2D eigenvalue weighted by molar-refractivity contribution is -0.118. The SMILES string of the molecule is CC(C)c1nnc(NC(=O)COc2ccccc2C(C)(C)C)s1. The molecule has 0 aliphatic carbocycles. The zero-order valence-electron chi connectivity index (χ0n) is 14.2. The highest BCUT2D eigenvalue weighted by atomic mass is 32.1. The fraction of sp³-hybridized carbons (Fsp3) is 0.471. The summed E-state index contributed by atoms with van der Waals surface area (Å²) in [6.45, 7) is 10.4. The average Bonchev–Trinajstić information content (AvgIpc) is 2.93. The van der Waals surface area contributed by atoms with Crippen LogP contribution in [0, 0.1) is 0 Å². The number of hydrogen-bond acceptors (Lipinski definition) is 5. The smallest absolute Gasteiger partial charge is 0.264 e. The van der Waals surface area contributed by atoms with Gasteiger partial charge >= 0.3 is 0 Å². The third-order valence-corrected chi connectivity index (χ3v) is 4.37. The largest absolute Gasteiger partial charge is 0.483 e. The maximum absolute atomic E-state index is 12.0. The number of aromatic nitrogens is 2. The van der Waals surface area contributed by atoms with Crippen LogP contribution in [0.15, 0.2) is 24.3 Å². The van der Waals surface area contributed by atoms with Crippen LogP contribution >= 0.6 is 11.3 Å². The molecule has 0 saturated heterocycles. The summed E-state index contributed by atoms with van der Waals surface area (Å²) in [4.78, 5) is 12.0. The predicted molar refractivity (Wildman–Crippen MR) is 93.3 cm³/mol. The van der Waals surface area contributed by atoms with E-state index in [0.717, 1.165) is 16.3 Å². The van der Waals surface area contributed by atoms with Gasteiger partial charge in [-0.3, -0.25) is 10.1 Å². The van der Waals surface area contributed by atoms with Crippen molar-refractivity contribution < 1.29 is 9.53 Å². The minimum atomic E-state index is -0.236. The zero-order valence-corrected chi connectivity index (χ0v) is 15.0. The van der Waals surface area contributed by atoms with Crippen molar-refractivity contribution in [1.29, 1.82) is 0 Å². The van der Waals surface area contributed by atoms with Crippen LogP contribution in [-0.4, -0.2) is 22.7 Å². The van der Waals surface area contributed by atoms with Crippen molar-refractivity contribution >= 4 is 22.4 Å². The lowest BCUT2D eigenvalue weighted by Crippen LogP contribution is -2.21. The molecule has 0 radical (unpaired) electrons. The van der Waals surface area contributed by atoms with Crippen LogP contribution in [0.25, 0.3) is 0 Å². The van der Waals surface area contributed by atoms with E-state index in [4.69, 9.17) is 4.74 Å². The molecule has 1 amide bonds. The Morgan fingerprint density at radius 2 is 1.96 bits per heavy atom. The van der Waals surface area contributed by atoms with E-state index in [1.165, 1.54) is 11.3 Å². The van der Waals surface area contributed by atoms with Crippen molar-refractivity contribution in [2.75, 3.05) is 11.9 Å². The summed E-state index contributed by atoms with van der Waals surface area (Å²) in [6.07, 6.45) is 0. The lowest BCUT2D eigenvalue weighted by Gasteiger charge is -2.22. The summed E-state index contributed by atoms with van der Waals surface area (Å²) < 4.78 is 5.70. The maximum Gasteiger partial charge on any atom is 0.264 e. The van der Waals surface area contributed by atoms with Gasteiger partial charge in [0.15, 0.2) is 6.61 Å². The molecule has 1 heterocycles. The Bertz CT molecular complexity index is 674. The second kappa shape index (κ2) is 7.08. The van der Waals surface area contributed by atoms with Crippen LogP contribution in [0.2, 0.25) is 0 Å². The van der Waals surface area contributed by atoms with E-state index < -0.39 is 0 Å². The molecule has 0 atom stereocenters. The molecule has 2 rings (SSSR count). The number of amides is 1. The van der Waals surface area contributed by atoms with E-state index in [0.29, 0.717) is 11.0 Å². The Kier molecular flexibility index (Phi) is 5.36. The van der Waals surface area contributed by atoms with Crippen LogP contribution in [0.5, 0.6) is 5.75 Å². The predicted octanol–water partition coefficient (Wildman–Crippen LogP) is 3.98. The quantitative estimate of drug-likeness (QED) is 0.899. The number of ether oxygens (including phenoxy) is 1. The second-order valence-corrected chi connectivity index (χ2v) is 7.69. The zero-order chi connectivity index (χ0) is 17.0. The Hall–Kier alpha value is -1.95. The first-order valence-corrected chi connectivity index (χ1v) is 8.44. The van der Waals surface area contributed by atoms with Gasteiger partial charge in [0.1, 0.15) is 10.8 Å². The molecule has 0 bridgehead atoms. The summed E-state index contributed by atoms with van der Waals surface area (Å²) in [5, 5.41) is 12.2. The van der Waals surface area contributed by atoms with E-state index in [1.54, 1.807) is 0 Å². The van der Waals surface area contributed by atoms with E-state index in [-0.39, 0.29) is 17.9 Å². The molecule has 0 spiro atoms. The number of carbonyl (C=O) groups is 1. The number of benzene rings is 1. The van der Waals surface area contributed by atoms with E-state index in [2.05, 4.69) is 36.3 Å². The standard InChI is InChI=1S/C17H23N3O2S/c1-11(2)15-19-20-16(23-15)18-14(21)10-22-13-9-7-6-8-12(13)17(3,4)5/h6-9,11H,10H2,1-5H3,(H,18,20,21). The highest BCUT2D eigenvalue weighted by Crippen LogP contribution is 2.31. The molecule has 1 N–H and O–H groups in total. The number of rotatable bonds is 5. The molecule has 0 aliphatic heterocycles. The van der Waals surface area contributed by atoms with E-state index in [9.17, 15) is 4.79 Å².